The van der Waals surface area contributed by atoms with Crippen LogP contribution in [0.25, 0.3) is 0 Å². The highest BCUT2D eigenvalue weighted by atomic mass is 32.2. The van der Waals surface area contributed by atoms with E-state index in [0.717, 1.165) is 0 Å². The van der Waals surface area contributed by atoms with Crippen molar-refractivity contribution in [3.8, 4) is 0 Å². The third-order valence-corrected chi connectivity index (χ3v) is 7.07. The highest BCUT2D eigenvalue weighted by molar-refractivity contribution is 7.89. The van der Waals surface area contributed by atoms with Gasteiger partial charge in [-0.05, 0) is 18.1 Å². The van der Waals surface area contributed by atoms with Crippen LogP contribution in [-0.2, 0) is 14.8 Å². The molecule has 7 nitrogen and oxygen atoms in total. The smallest absolute Gasteiger partial charge is 0.215 e. The molecular formula is C23H32N4O3S. The fraction of sp³-hybridized carbons (Fsp3) is 0.435. The number of morpholine rings is 1. The number of rotatable bonds is 9. The van der Waals surface area contributed by atoms with Crippen molar-refractivity contribution in [3.05, 3.63) is 71.8 Å². The molecule has 0 spiro atoms. The van der Waals surface area contributed by atoms with Crippen LogP contribution in [0, 0.1) is 0 Å². The Bertz CT molecular complexity index is 875. The first kappa shape index (κ1) is 23.2. The molecule has 0 atom stereocenters. The van der Waals surface area contributed by atoms with Gasteiger partial charge in [0, 0.05) is 32.1 Å². The predicted octanol–water partition coefficient (Wildman–Crippen LogP) is 2.04. The number of nitrogens with one attached hydrogen (secondary N) is 2. The van der Waals surface area contributed by atoms with Crippen LogP contribution in [-0.4, -0.2) is 70.4 Å². The lowest BCUT2D eigenvalue weighted by molar-refractivity contribution is 0.0730. The number of ether oxygens (including phenoxy) is 1. The molecule has 0 radical (unpaired) electrons. The zero-order valence-corrected chi connectivity index (χ0v) is 18.9. The first-order valence-electron chi connectivity index (χ1n) is 10.8. The van der Waals surface area contributed by atoms with Crippen molar-refractivity contribution in [1.29, 1.82) is 0 Å². The summed E-state index contributed by atoms with van der Waals surface area (Å²) in [4.78, 5) is 4.76. The molecule has 2 N–H and O–H groups in total. The van der Waals surface area contributed by atoms with Gasteiger partial charge < -0.3 is 15.4 Å². The standard InChI is InChI=1S/C23H32N4O3S/c1-2-24-23(25-13-18-31(28,29)27-14-16-30-17-15-27)26-19-22(20-9-5-3-6-10-20)21-11-7-4-8-12-21/h3-12,22H,2,13-19H2,1H3,(H2,24,25,26). The summed E-state index contributed by atoms with van der Waals surface area (Å²) in [5, 5.41) is 6.39. The van der Waals surface area contributed by atoms with E-state index in [-0.39, 0.29) is 11.7 Å². The molecule has 2 aromatic rings. The fourth-order valence-electron chi connectivity index (χ4n) is 3.55. The lowest BCUT2D eigenvalue weighted by atomic mass is 9.91. The molecule has 0 amide bonds. The topological polar surface area (TPSA) is 83.0 Å². The fourth-order valence-corrected chi connectivity index (χ4v) is 4.87. The number of hydrogen-bond donors (Lipinski definition) is 2. The van der Waals surface area contributed by atoms with Crippen molar-refractivity contribution in [3.63, 3.8) is 0 Å². The van der Waals surface area contributed by atoms with Crippen molar-refractivity contribution < 1.29 is 13.2 Å². The van der Waals surface area contributed by atoms with Gasteiger partial charge in [0.2, 0.25) is 10.0 Å². The first-order chi connectivity index (χ1) is 15.1. The van der Waals surface area contributed by atoms with E-state index in [1.165, 1.54) is 15.4 Å². The van der Waals surface area contributed by atoms with Crippen LogP contribution in [0.5, 0.6) is 0 Å². The van der Waals surface area contributed by atoms with E-state index in [2.05, 4.69) is 34.9 Å². The number of sulfonamides is 1. The second kappa shape index (κ2) is 11.8. The SMILES string of the molecule is CCNC(=NCC(c1ccccc1)c1ccccc1)NCCS(=O)(=O)N1CCOCC1. The maximum Gasteiger partial charge on any atom is 0.215 e. The molecule has 3 rings (SSSR count). The molecule has 31 heavy (non-hydrogen) atoms. The molecule has 0 aromatic heterocycles. The van der Waals surface area contributed by atoms with E-state index in [1.54, 1.807) is 0 Å². The molecule has 168 valence electrons. The van der Waals surface area contributed by atoms with Crippen LogP contribution in [0.3, 0.4) is 0 Å². The van der Waals surface area contributed by atoms with Crippen molar-refractivity contribution in [1.82, 2.24) is 14.9 Å². The third-order valence-electron chi connectivity index (χ3n) is 5.20. The minimum Gasteiger partial charge on any atom is -0.379 e. The zero-order chi connectivity index (χ0) is 21.9. The summed E-state index contributed by atoms with van der Waals surface area (Å²) in [5.41, 5.74) is 2.39. The molecule has 0 bridgehead atoms. The van der Waals surface area contributed by atoms with Crippen molar-refractivity contribution in [2.24, 2.45) is 4.99 Å². The Morgan fingerprint density at radius 1 is 1.00 bits per heavy atom. The lowest BCUT2D eigenvalue weighted by Crippen LogP contribution is -2.45. The van der Waals surface area contributed by atoms with Gasteiger partial charge in [0.1, 0.15) is 0 Å². The molecule has 2 aromatic carbocycles. The van der Waals surface area contributed by atoms with E-state index in [1.807, 2.05) is 43.3 Å². The molecule has 8 heteroatoms. The Morgan fingerprint density at radius 3 is 2.13 bits per heavy atom. The summed E-state index contributed by atoms with van der Waals surface area (Å²) in [5.74, 6) is 0.768. The summed E-state index contributed by atoms with van der Waals surface area (Å²) in [6, 6.07) is 20.6. The Labute approximate surface area is 185 Å². The minimum atomic E-state index is -3.30. The maximum atomic E-state index is 12.5. The quantitative estimate of drug-likeness (QED) is 0.457. The zero-order valence-electron chi connectivity index (χ0n) is 18.0. The Kier molecular flexibility index (Phi) is 8.87. The average Bonchev–Trinajstić information content (AvgIpc) is 2.81. The van der Waals surface area contributed by atoms with E-state index >= 15 is 0 Å². The van der Waals surface area contributed by atoms with Gasteiger partial charge in [-0.1, -0.05) is 60.7 Å². The summed E-state index contributed by atoms with van der Waals surface area (Å²) in [6.07, 6.45) is 0. The van der Waals surface area contributed by atoms with E-state index < -0.39 is 10.0 Å². The van der Waals surface area contributed by atoms with Gasteiger partial charge in [-0.15, -0.1) is 0 Å². The number of benzene rings is 2. The molecule has 1 heterocycles. The molecule has 0 unspecified atom stereocenters. The second-order valence-electron chi connectivity index (χ2n) is 7.35. The summed E-state index contributed by atoms with van der Waals surface area (Å²) in [6.45, 7) is 5.30. The van der Waals surface area contributed by atoms with Gasteiger partial charge in [0.05, 0.1) is 25.5 Å². The molecule has 1 aliphatic rings. The Hall–Kier alpha value is -2.42. The predicted molar refractivity (Wildman–Crippen MR) is 125 cm³/mol. The van der Waals surface area contributed by atoms with Crippen molar-refractivity contribution in [2.75, 3.05) is 51.7 Å². The van der Waals surface area contributed by atoms with Gasteiger partial charge in [-0.3, -0.25) is 4.99 Å². The van der Waals surface area contributed by atoms with Gasteiger partial charge in [0.25, 0.3) is 0 Å². The van der Waals surface area contributed by atoms with Crippen LogP contribution in [0.1, 0.15) is 24.0 Å². The van der Waals surface area contributed by atoms with Gasteiger partial charge in [-0.2, -0.15) is 4.31 Å². The van der Waals surface area contributed by atoms with E-state index in [4.69, 9.17) is 9.73 Å². The highest BCUT2D eigenvalue weighted by Gasteiger charge is 2.23. The van der Waals surface area contributed by atoms with Gasteiger partial charge >= 0.3 is 0 Å². The summed E-state index contributed by atoms with van der Waals surface area (Å²) >= 11 is 0. The van der Waals surface area contributed by atoms with Crippen molar-refractivity contribution in [2.45, 2.75) is 12.8 Å². The average molecular weight is 445 g/mol. The summed E-state index contributed by atoms with van der Waals surface area (Å²) in [7, 11) is -3.30. The Morgan fingerprint density at radius 2 is 1.58 bits per heavy atom. The van der Waals surface area contributed by atoms with Gasteiger partial charge in [-0.25, -0.2) is 8.42 Å². The molecule has 1 saturated heterocycles. The van der Waals surface area contributed by atoms with E-state index in [9.17, 15) is 8.42 Å². The summed E-state index contributed by atoms with van der Waals surface area (Å²) < 4.78 is 31.8. The van der Waals surface area contributed by atoms with Crippen LogP contribution in [0.15, 0.2) is 65.7 Å². The number of hydrogen-bond acceptors (Lipinski definition) is 4. The van der Waals surface area contributed by atoms with Crippen LogP contribution in [0.2, 0.25) is 0 Å². The monoisotopic (exact) mass is 444 g/mol. The Balaban J connectivity index is 1.65. The van der Waals surface area contributed by atoms with Crippen LogP contribution in [0.4, 0.5) is 0 Å². The molecule has 1 aliphatic heterocycles. The van der Waals surface area contributed by atoms with E-state index in [0.29, 0.717) is 51.9 Å². The first-order valence-corrected chi connectivity index (χ1v) is 12.4. The number of guanidine groups is 1. The normalized spacial score (nSPS) is 15.7. The van der Waals surface area contributed by atoms with Gasteiger partial charge in [0.15, 0.2) is 5.96 Å². The largest absolute Gasteiger partial charge is 0.379 e. The molecule has 0 aliphatic carbocycles. The van der Waals surface area contributed by atoms with Crippen LogP contribution >= 0.6 is 0 Å². The van der Waals surface area contributed by atoms with Crippen molar-refractivity contribution >= 4 is 16.0 Å². The molecular weight excluding hydrogens is 412 g/mol. The minimum absolute atomic E-state index is 0.0260. The van der Waals surface area contributed by atoms with Crippen LogP contribution < -0.4 is 10.6 Å². The number of aliphatic imine (C=N–C) groups is 1. The number of nitrogens with zero attached hydrogens (tertiary/aromatic N) is 2. The lowest BCUT2D eigenvalue weighted by Gasteiger charge is -2.26. The second-order valence-corrected chi connectivity index (χ2v) is 9.44. The highest BCUT2D eigenvalue weighted by Crippen LogP contribution is 2.24. The molecule has 1 fully saturated rings. The maximum absolute atomic E-state index is 12.5. The molecule has 0 saturated carbocycles. The third kappa shape index (κ3) is 7.05.